The molecule has 1 heterocycles. The fourth-order valence-electron chi connectivity index (χ4n) is 5.32. The number of amides is 1. The Balaban J connectivity index is 1.58. The van der Waals surface area contributed by atoms with Gasteiger partial charge in [0, 0.05) is 30.7 Å². The molecule has 1 atom stereocenters. The Morgan fingerprint density at radius 3 is 2.04 bits per heavy atom. The van der Waals surface area contributed by atoms with Gasteiger partial charge in [0.1, 0.15) is 21.1 Å². The zero-order valence-electron chi connectivity index (χ0n) is 30.6. The fraction of sp³-hybridized carbons (Fsp3) is 0.297. The summed E-state index contributed by atoms with van der Waals surface area (Å²) in [7, 11) is -7.86. The van der Waals surface area contributed by atoms with E-state index < -0.39 is 54.2 Å². The number of hydrogen-bond acceptors (Lipinski definition) is 11. The van der Waals surface area contributed by atoms with Gasteiger partial charge in [0.2, 0.25) is 25.9 Å². The van der Waals surface area contributed by atoms with Crippen LogP contribution in [0.5, 0.6) is 5.75 Å². The fourth-order valence-corrected chi connectivity index (χ4v) is 9.44. The average Bonchev–Trinajstić information content (AvgIpc) is 3.61. The third-order valence-corrected chi connectivity index (χ3v) is 12.0. The summed E-state index contributed by atoms with van der Waals surface area (Å²) >= 11 is 3.45. The van der Waals surface area contributed by atoms with Crippen LogP contribution in [0, 0.1) is 0 Å². The molecule has 1 aromatic heterocycles. The summed E-state index contributed by atoms with van der Waals surface area (Å²) in [5.41, 5.74) is 1.19. The number of carbonyl (C=O) groups excluding carboxylic acids is 1. The number of tetrazole rings is 1. The molecule has 5 rings (SSSR count). The molecular formula is C37H42BrN7O8S2. The first-order chi connectivity index (χ1) is 26.1. The van der Waals surface area contributed by atoms with Gasteiger partial charge >= 0.3 is 6.09 Å². The van der Waals surface area contributed by atoms with Crippen LogP contribution in [0.3, 0.4) is 0 Å². The van der Waals surface area contributed by atoms with Crippen molar-refractivity contribution in [1.82, 2.24) is 34.6 Å². The highest BCUT2D eigenvalue weighted by Crippen LogP contribution is 2.39. The summed E-state index contributed by atoms with van der Waals surface area (Å²) < 4.78 is 72.7. The summed E-state index contributed by atoms with van der Waals surface area (Å²) in [5.74, 6) is 0.501. The quantitative estimate of drug-likeness (QED) is 0.124. The zero-order chi connectivity index (χ0) is 39.8. The maximum absolute atomic E-state index is 15.2. The molecule has 0 aliphatic heterocycles. The van der Waals surface area contributed by atoms with E-state index in [4.69, 9.17) is 9.47 Å². The minimum absolute atomic E-state index is 0.108. The van der Waals surface area contributed by atoms with Crippen molar-refractivity contribution in [2.75, 3.05) is 20.2 Å². The van der Waals surface area contributed by atoms with Crippen LogP contribution in [0.25, 0.3) is 11.4 Å². The highest BCUT2D eigenvalue weighted by atomic mass is 79.9. The maximum atomic E-state index is 15.2. The Bertz CT molecular complexity index is 2250. The number of benzene rings is 4. The van der Waals surface area contributed by atoms with E-state index in [1.54, 1.807) is 101 Å². The molecule has 0 unspecified atom stereocenters. The smallest absolute Gasteiger partial charge is 0.407 e. The highest BCUT2D eigenvalue weighted by molar-refractivity contribution is 9.10. The third-order valence-electron chi connectivity index (χ3n) is 7.91. The average molecular weight is 857 g/mol. The Labute approximate surface area is 328 Å². The number of nitrogens with one attached hydrogen (secondary N) is 2. The predicted molar refractivity (Wildman–Crippen MR) is 208 cm³/mol. The molecule has 18 heteroatoms. The number of sulfonamides is 2. The lowest BCUT2D eigenvalue weighted by Gasteiger charge is -2.25. The van der Waals surface area contributed by atoms with Crippen molar-refractivity contribution in [3.63, 3.8) is 0 Å². The molecule has 1 amide bonds. The van der Waals surface area contributed by atoms with Crippen molar-refractivity contribution in [3.05, 3.63) is 118 Å². The van der Waals surface area contributed by atoms with E-state index in [0.29, 0.717) is 16.9 Å². The van der Waals surface area contributed by atoms with Crippen LogP contribution in [0.4, 0.5) is 4.79 Å². The van der Waals surface area contributed by atoms with Gasteiger partial charge < -0.3 is 19.9 Å². The highest BCUT2D eigenvalue weighted by Gasteiger charge is 2.37. The minimum Gasteiger partial charge on any atom is -0.497 e. The lowest BCUT2D eigenvalue weighted by molar-refractivity contribution is 0.0494. The van der Waals surface area contributed by atoms with E-state index in [0.717, 1.165) is 11.6 Å². The van der Waals surface area contributed by atoms with E-state index in [9.17, 15) is 18.3 Å². The molecule has 0 aliphatic rings. The lowest BCUT2D eigenvalue weighted by atomic mass is 10.2. The maximum Gasteiger partial charge on any atom is 0.407 e. The Kier molecular flexibility index (Phi) is 13.4. The van der Waals surface area contributed by atoms with Crippen molar-refractivity contribution in [2.45, 2.75) is 61.9 Å². The number of aromatic nitrogens is 4. The van der Waals surface area contributed by atoms with Crippen LogP contribution in [-0.4, -0.2) is 84.5 Å². The number of carbonyl (C=O) groups is 1. The first-order valence-corrected chi connectivity index (χ1v) is 20.7. The molecule has 0 radical (unpaired) electrons. The van der Waals surface area contributed by atoms with E-state index >= 15 is 8.42 Å². The van der Waals surface area contributed by atoms with E-state index in [1.807, 2.05) is 12.1 Å². The van der Waals surface area contributed by atoms with Crippen molar-refractivity contribution < 1.29 is 36.2 Å². The number of nitrogens with zero attached hydrogens (tertiary/aromatic N) is 5. The van der Waals surface area contributed by atoms with Crippen LogP contribution < -0.4 is 14.8 Å². The molecule has 4 aromatic carbocycles. The van der Waals surface area contributed by atoms with Gasteiger partial charge in [0.15, 0.2) is 0 Å². The van der Waals surface area contributed by atoms with Gasteiger partial charge in [-0.15, -0.1) is 10.2 Å². The summed E-state index contributed by atoms with van der Waals surface area (Å²) in [4.78, 5) is 12.2. The van der Waals surface area contributed by atoms with Crippen molar-refractivity contribution in [2.24, 2.45) is 0 Å². The molecule has 0 saturated heterocycles. The standard InChI is InChI=1S/C37H42BrN7O8S2/c1-37(2,3)53-36(47)39-21-29(46)22-40-54(48,49)32-20-19-31(38)33(35-41-43-45(42-35)25-28-15-17-30(52-4)18-16-28)34(32)55(50,51)44(23-26-11-7-5-8-12-26)24-27-13-9-6-10-14-27/h5-20,29,40,46H,21-25H2,1-4H3,(H,39,47)/t29-/m1/s1. The van der Waals surface area contributed by atoms with E-state index in [2.05, 4.69) is 41.4 Å². The van der Waals surface area contributed by atoms with Crippen LogP contribution in [0.1, 0.15) is 37.5 Å². The Hall–Kier alpha value is -4.72. The zero-order valence-corrected chi connectivity index (χ0v) is 33.8. The third kappa shape index (κ3) is 11.2. The van der Waals surface area contributed by atoms with Gasteiger partial charge in [0.25, 0.3) is 0 Å². The molecule has 5 aromatic rings. The number of rotatable bonds is 16. The Morgan fingerprint density at radius 2 is 1.47 bits per heavy atom. The molecule has 0 spiro atoms. The monoisotopic (exact) mass is 855 g/mol. The van der Waals surface area contributed by atoms with Crippen molar-refractivity contribution >= 4 is 42.1 Å². The van der Waals surface area contributed by atoms with E-state index in [1.165, 1.54) is 15.2 Å². The number of aliphatic hydroxyl groups excluding tert-OH is 1. The second kappa shape index (κ2) is 17.8. The topological polar surface area (TPSA) is 195 Å². The number of aliphatic hydroxyl groups is 1. The predicted octanol–water partition coefficient (Wildman–Crippen LogP) is 4.71. The van der Waals surface area contributed by atoms with Gasteiger partial charge in [-0.1, -0.05) is 72.8 Å². The van der Waals surface area contributed by atoms with Crippen LogP contribution in [0.2, 0.25) is 0 Å². The van der Waals surface area contributed by atoms with Crippen molar-refractivity contribution in [1.29, 1.82) is 0 Å². The molecule has 0 fully saturated rings. The first kappa shape index (κ1) is 41.4. The van der Waals surface area contributed by atoms with Crippen molar-refractivity contribution in [3.8, 4) is 17.1 Å². The Morgan fingerprint density at radius 1 is 0.873 bits per heavy atom. The SMILES string of the molecule is COc1ccc(Cn2nnc(-c3c(Br)ccc(S(=O)(=O)NC[C@H](O)CNC(=O)OC(C)(C)C)c3S(=O)(=O)N(Cc3ccccc3)Cc3ccccc3)n2)cc1. The largest absolute Gasteiger partial charge is 0.497 e. The summed E-state index contributed by atoms with van der Waals surface area (Å²) in [6, 6.07) is 27.5. The second-order valence-corrected chi connectivity index (χ2v) is 17.8. The molecule has 3 N–H and O–H groups in total. The van der Waals surface area contributed by atoms with Crippen LogP contribution in [0.15, 0.2) is 111 Å². The summed E-state index contributed by atoms with van der Waals surface area (Å²) in [6.07, 6.45) is -2.20. The lowest BCUT2D eigenvalue weighted by Crippen LogP contribution is -2.42. The molecule has 0 bridgehead atoms. The second-order valence-electron chi connectivity index (χ2n) is 13.4. The number of ether oxygens (including phenoxy) is 2. The normalized spacial score (nSPS) is 12.7. The van der Waals surface area contributed by atoms with Gasteiger partial charge in [-0.3, -0.25) is 0 Å². The number of hydrogen-bond donors (Lipinski definition) is 3. The number of alkyl carbamates (subject to hydrolysis) is 1. The van der Waals surface area contributed by atoms with Crippen LogP contribution >= 0.6 is 15.9 Å². The molecule has 55 heavy (non-hydrogen) atoms. The van der Waals surface area contributed by atoms with Gasteiger partial charge in [-0.05, 0) is 82.9 Å². The van der Waals surface area contributed by atoms with Gasteiger partial charge in [0.05, 0.1) is 25.3 Å². The minimum atomic E-state index is -4.73. The first-order valence-electron chi connectivity index (χ1n) is 17.0. The summed E-state index contributed by atoms with van der Waals surface area (Å²) in [6.45, 7) is 4.05. The summed E-state index contributed by atoms with van der Waals surface area (Å²) in [5, 5.41) is 25.8. The van der Waals surface area contributed by atoms with E-state index in [-0.39, 0.29) is 42.0 Å². The molecule has 0 aliphatic carbocycles. The number of methoxy groups -OCH3 is 1. The van der Waals surface area contributed by atoms with Crippen LogP contribution in [-0.2, 0) is 44.4 Å². The van der Waals surface area contributed by atoms with Gasteiger partial charge in [-0.25, -0.2) is 26.4 Å². The van der Waals surface area contributed by atoms with Gasteiger partial charge in [-0.2, -0.15) is 9.10 Å². The molecular weight excluding hydrogens is 814 g/mol. The molecule has 0 saturated carbocycles. The molecule has 15 nitrogen and oxygen atoms in total. The number of halogens is 1. The molecule has 292 valence electrons.